The Labute approximate surface area is 106 Å². The van der Waals surface area contributed by atoms with Crippen molar-refractivity contribution in [3.05, 3.63) is 29.9 Å². The third-order valence-corrected chi connectivity index (χ3v) is 3.47. The number of rotatable bonds is 3. The molecule has 18 heavy (non-hydrogen) atoms. The molecule has 96 valence electrons. The zero-order valence-electron chi connectivity index (χ0n) is 10.7. The van der Waals surface area contributed by atoms with E-state index >= 15 is 0 Å². The monoisotopic (exact) mass is 247 g/mol. The minimum atomic E-state index is 0.251. The topological polar surface area (TPSA) is 60.0 Å². The molecule has 0 amide bonds. The van der Waals surface area contributed by atoms with Gasteiger partial charge in [-0.3, -0.25) is 4.90 Å². The summed E-state index contributed by atoms with van der Waals surface area (Å²) in [5, 5.41) is 3.88. The molecule has 1 unspecified atom stereocenters. The van der Waals surface area contributed by atoms with E-state index in [-0.39, 0.29) is 6.04 Å². The molecule has 1 fully saturated rings. The van der Waals surface area contributed by atoms with Gasteiger partial charge in [-0.25, -0.2) is 4.98 Å². The van der Waals surface area contributed by atoms with Crippen LogP contribution in [0.1, 0.15) is 36.3 Å². The SMILES string of the molecule is Cc1noc(C2CCCN2Cc2cncn2C)n1. The minimum Gasteiger partial charge on any atom is -0.338 e. The fourth-order valence-corrected chi connectivity index (χ4v) is 2.49. The summed E-state index contributed by atoms with van der Waals surface area (Å²) in [4.78, 5) is 10.9. The lowest BCUT2D eigenvalue weighted by molar-refractivity contribution is 0.197. The van der Waals surface area contributed by atoms with Gasteiger partial charge in [0.05, 0.1) is 18.1 Å². The Morgan fingerprint density at radius 1 is 1.50 bits per heavy atom. The van der Waals surface area contributed by atoms with Gasteiger partial charge in [0.2, 0.25) is 5.89 Å². The third kappa shape index (κ3) is 2.03. The Balaban J connectivity index is 1.77. The van der Waals surface area contributed by atoms with Gasteiger partial charge < -0.3 is 9.09 Å². The van der Waals surface area contributed by atoms with Gasteiger partial charge in [-0.05, 0) is 26.3 Å². The largest absolute Gasteiger partial charge is 0.338 e. The molecule has 0 bridgehead atoms. The van der Waals surface area contributed by atoms with Crippen LogP contribution in [0.3, 0.4) is 0 Å². The van der Waals surface area contributed by atoms with Crippen molar-refractivity contribution in [1.29, 1.82) is 0 Å². The second kappa shape index (κ2) is 4.53. The summed E-state index contributed by atoms with van der Waals surface area (Å²) < 4.78 is 7.35. The molecule has 0 saturated carbocycles. The van der Waals surface area contributed by atoms with Crippen molar-refractivity contribution in [2.45, 2.75) is 32.4 Å². The summed E-state index contributed by atoms with van der Waals surface area (Å²) in [6.45, 7) is 3.80. The molecule has 1 saturated heterocycles. The number of nitrogens with zero attached hydrogens (tertiary/aromatic N) is 5. The van der Waals surface area contributed by atoms with E-state index in [9.17, 15) is 0 Å². The van der Waals surface area contributed by atoms with Gasteiger partial charge in [-0.2, -0.15) is 4.98 Å². The van der Waals surface area contributed by atoms with Crippen molar-refractivity contribution in [1.82, 2.24) is 24.6 Å². The van der Waals surface area contributed by atoms with Gasteiger partial charge >= 0.3 is 0 Å². The number of aryl methyl sites for hydroxylation is 2. The molecule has 6 nitrogen and oxygen atoms in total. The van der Waals surface area contributed by atoms with Crippen LogP contribution in [0, 0.1) is 6.92 Å². The van der Waals surface area contributed by atoms with Gasteiger partial charge in [-0.15, -0.1) is 0 Å². The highest BCUT2D eigenvalue weighted by molar-refractivity contribution is 5.02. The number of hydrogen-bond acceptors (Lipinski definition) is 5. The molecule has 0 radical (unpaired) electrons. The van der Waals surface area contributed by atoms with Crippen LogP contribution in [0.25, 0.3) is 0 Å². The van der Waals surface area contributed by atoms with Gasteiger partial charge in [0.25, 0.3) is 0 Å². The summed E-state index contributed by atoms with van der Waals surface area (Å²) in [6, 6.07) is 0.251. The first-order valence-electron chi connectivity index (χ1n) is 6.23. The maximum atomic E-state index is 5.30. The van der Waals surface area contributed by atoms with E-state index in [1.165, 1.54) is 12.1 Å². The van der Waals surface area contributed by atoms with Crippen LogP contribution in [0.15, 0.2) is 17.0 Å². The zero-order valence-corrected chi connectivity index (χ0v) is 10.7. The van der Waals surface area contributed by atoms with Crippen molar-refractivity contribution in [3.63, 3.8) is 0 Å². The van der Waals surface area contributed by atoms with Crippen LogP contribution < -0.4 is 0 Å². The molecular formula is C12H17N5O. The molecule has 3 rings (SSSR count). The summed E-state index contributed by atoms with van der Waals surface area (Å²) in [5.74, 6) is 1.45. The highest BCUT2D eigenvalue weighted by Gasteiger charge is 2.30. The summed E-state index contributed by atoms with van der Waals surface area (Å²) >= 11 is 0. The lowest BCUT2D eigenvalue weighted by Gasteiger charge is -2.21. The van der Waals surface area contributed by atoms with Crippen molar-refractivity contribution < 1.29 is 4.52 Å². The maximum Gasteiger partial charge on any atom is 0.243 e. The molecule has 3 heterocycles. The Morgan fingerprint density at radius 3 is 3.06 bits per heavy atom. The first-order chi connectivity index (χ1) is 8.74. The zero-order chi connectivity index (χ0) is 12.5. The van der Waals surface area contributed by atoms with Gasteiger partial charge in [0.15, 0.2) is 5.82 Å². The Bertz CT molecular complexity index is 532. The Kier molecular flexibility index (Phi) is 2.87. The molecule has 6 heteroatoms. The van der Waals surface area contributed by atoms with Gasteiger partial charge in [0, 0.05) is 19.8 Å². The number of aromatic nitrogens is 4. The molecule has 2 aromatic rings. The normalized spacial score (nSPS) is 20.7. The molecule has 1 aliphatic rings. The van der Waals surface area contributed by atoms with E-state index in [1.807, 2.05) is 26.5 Å². The summed E-state index contributed by atoms with van der Waals surface area (Å²) in [5.41, 5.74) is 1.21. The Hall–Kier alpha value is -1.69. The van der Waals surface area contributed by atoms with Crippen LogP contribution in [-0.2, 0) is 13.6 Å². The summed E-state index contributed by atoms with van der Waals surface area (Å²) in [7, 11) is 2.02. The van der Waals surface area contributed by atoms with E-state index in [1.54, 1.807) is 0 Å². The fraction of sp³-hybridized carbons (Fsp3) is 0.583. The van der Waals surface area contributed by atoms with Crippen LogP contribution >= 0.6 is 0 Å². The lowest BCUT2D eigenvalue weighted by atomic mass is 10.2. The fourth-order valence-electron chi connectivity index (χ4n) is 2.49. The van der Waals surface area contributed by atoms with Gasteiger partial charge in [-0.1, -0.05) is 5.16 Å². The van der Waals surface area contributed by atoms with Gasteiger partial charge in [0.1, 0.15) is 0 Å². The average Bonchev–Trinajstić information content (AvgIpc) is 3.03. The Morgan fingerprint density at radius 2 is 2.39 bits per heavy atom. The molecular weight excluding hydrogens is 230 g/mol. The van der Waals surface area contributed by atoms with E-state index in [4.69, 9.17) is 4.52 Å². The van der Waals surface area contributed by atoms with Crippen LogP contribution in [0.5, 0.6) is 0 Å². The second-order valence-corrected chi connectivity index (χ2v) is 4.80. The van der Waals surface area contributed by atoms with Crippen LogP contribution in [0.4, 0.5) is 0 Å². The highest BCUT2D eigenvalue weighted by Crippen LogP contribution is 2.31. The average molecular weight is 247 g/mol. The molecule has 0 aromatic carbocycles. The number of imidazole rings is 1. The molecule has 0 aliphatic carbocycles. The molecule has 2 aromatic heterocycles. The predicted molar refractivity (Wildman–Crippen MR) is 64.6 cm³/mol. The second-order valence-electron chi connectivity index (χ2n) is 4.80. The molecule has 1 aliphatic heterocycles. The van der Waals surface area contributed by atoms with Crippen molar-refractivity contribution in [2.75, 3.05) is 6.54 Å². The van der Waals surface area contributed by atoms with Crippen LogP contribution in [0.2, 0.25) is 0 Å². The van der Waals surface area contributed by atoms with E-state index in [2.05, 4.69) is 24.6 Å². The highest BCUT2D eigenvalue weighted by atomic mass is 16.5. The van der Waals surface area contributed by atoms with Crippen molar-refractivity contribution in [2.24, 2.45) is 7.05 Å². The van der Waals surface area contributed by atoms with Crippen molar-refractivity contribution >= 4 is 0 Å². The summed E-state index contributed by atoms with van der Waals surface area (Å²) in [6.07, 6.45) is 6.00. The smallest absolute Gasteiger partial charge is 0.243 e. The van der Waals surface area contributed by atoms with Crippen LogP contribution in [-0.4, -0.2) is 31.1 Å². The van der Waals surface area contributed by atoms with E-state index in [0.29, 0.717) is 5.82 Å². The molecule has 0 spiro atoms. The molecule has 1 atom stereocenters. The number of likely N-dealkylation sites (tertiary alicyclic amines) is 1. The quantitative estimate of drug-likeness (QED) is 0.821. The minimum absolute atomic E-state index is 0.251. The number of hydrogen-bond donors (Lipinski definition) is 0. The van der Waals surface area contributed by atoms with E-state index < -0.39 is 0 Å². The predicted octanol–water partition coefficient (Wildman–Crippen LogP) is 1.45. The third-order valence-electron chi connectivity index (χ3n) is 3.47. The molecule has 0 N–H and O–H groups in total. The lowest BCUT2D eigenvalue weighted by Crippen LogP contribution is -2.24. The maximum absolute atomic E-state index is 5.30. The first kappa shape index (κ1) is 11.4. The van der Waals surface area contributed by atoms with Crippen molar-refractivity contribution in [3.8, 4) is 0 Å². The standard InChI is InChI=1S/C12H17N5O/c1-9-14-12(18-15-9)11-4-3-5-17(11)7-10-6-13-8-16(10)2/h6,8,11H,3-5,7H2,1-2H3. The first-order valence-corrected chi connectivity index (χ1v) is 6.23. The van der Waals surface area contributed by atoms with E-state index in [0.717, 1.165) is 25.4 Å².